The predicted octanol–water partition coefficient (Wildman–Crippen LogP) is 4.09. The molecule has 1 amide bonds. The van der Waals surface area contributed by atoms with Crippen LogP contribution in [0.25, 0.3) is 0 Å². The van der Waals surface area contributed by atoms with Crippen LogP contribution < -0.4 is 9.47 Å². The summed E-state index contributed by atoms with van der Waals surface area (Å²) in [4.78, 5) is 13.9. The Morgan fingerprint density at radius 2 is 1.92 bits per heavy atom. The molecule has 1 aromatic rings. The Bertz CT molecular complexity index is 649. The van der Waals surface area contributed by atoms with Crippen molar-refractivity contribution < 1.29 is 19.0 Å². The first-order valence-corrected chi connectivity index (χ1v) is 9.16. The van der Waals surface area contributed by atoms with Gasteiger partial charge in [0.05, 0.1) is 13.2 Å². The van der Waals surface area contributed by atoms with E-state index in [-0.39, 0.29) is 6.09 Å². The van der Waals surface area contributed by atoms with Crippen LogP contribution in [0.4, 0.5) is 4.79 Å². The van der Waals surface area contributed by atoms with E-state index >= 15 is 0 Å². The Balaban J connectivity index is 1.85. The number of ether oxygens (including phenoxy) is 3. The van der Waals surface area contributed by atoms with E-state index in [9.17, 15) is 4.79 Å². The number of amides is 1. The molecular weight excluding hydrogens is 330 g/mol. The summed E-state index contributed by atoms with van der Waals surface area (Å²) in [5.41, 5.74) is 0.309. The fourth-order valence-corrected chi connectivity index (χ4v) is 2.80. The zero-order valence-corrected chi connectivity index (χ0v) is 16.2. The van der Waals surface area contributed by atoms with E-state index in [1.807, 2.05) is 45.9 Å². The van der Waals surface area contributed by atoms with Gasteiger partial charge in [0.1, 0.15) is 5.60 Å². The van der Waals surface area contributed by atoms with Crippen molar-refractivity contribution in [2.24, 2.45) is 5.92 Å². The maximum Gasteiger partial charge on any atom is 0.410 e. The highest BCUT2D eigenvalue weighted by Gasteiger charge is 2.27. The SMILES string of the molecule is C#Cc1ccc(OCC2CCN(C(=O)OC(C)(C)C)CC2)c(OCC)c1. The highest BCUT2D eigenvalue weighted by molar-refractivity contribution is 5.68. The molecule has 0 N–H and O–H groups in total. The summed E-state index contributed by atoms with van der Waals surface area (Å²) in [6.45, 7) is 10.1. The molecule has 0 spiro atoms. The Kier molecular flexibility index (Phi) is 6.79. The molecule has 0 aliphatic carbocycles. The molecule has 26 heavy (non-hydrogen) atoms. The molecule has 1 saturated heterocycles. The van der Waals surface area contributed by atoms with Crippen LogP contribution >= 0.6 is 0 Å². The van der Waals surface area contributed by atoms with E-state index in [1.54, 1.807) is 4.90 Å². The van der Waals surface area contributed by atoms with E-state index in [0.29, 0.717) is 43.7 Å². The second kappa shape index (κ2) is 8.84. The van der Waals surface area contributed by atoms with Gasteiger partial charge in [-0.05, 0) is 64.7 Å². The highest BCUT2D eigenvalue weighted by Crippen LogP contribution is 2.30. The molecule has 1 fully saturated rings. The molecule has 5 heteroatoms. The molecule has 5 nitrogen and oxygen atoms in total. The van der Waals surface area contributed by atoms with Crippen molar-refractivity contribution in [2.75, 3.05) is 26.3 Å². The molecule has 0 bridgehead atoms. The lowest BCUT2D eigenvalue weighted by Gasteiger charge is -2.33. The van der Waals surface area contributed by atoms with Crippen LogP contribution in [0.1, 0.15) is 46.1 Å². The molecule has 0 unspecified atom stereocenters. The zero-order chi connectivity index (χ0) is 19.2. The van der Waals surface area contributed by atoms with Gasteiger partial charge in [-0.2, -0.15) is 0 Å². The van der Waals surface area contributed by atoms with Crippen LogP contribution in [0.2, 0.25) is 0 Å². The number of carbonyl (C=O) groups excluding carboxylic acids is 1. The third kappa shape index (κ3) is 5.87. The van der Waals surface area contributed by atoms with Gasteiger partial charge in [-0.3, -0.25) is 0 Å². The van der Waals surface area contributed by atoms with Crippen LogP contribution in [0.5, 0.6) is 11.5 Å². The number of benzene rings is 1. The maximum atomic E-state index is 12.1. The van der Waals surface area contributed by atoms with Crippen LogP contribution in [0, 0.1) is 18.3 Å². The summed E-state index contributed by atoms with van der Waals surface area (Å²) in [7, 11) is 0. The number of nitrogens with zero attached hydrogens (tertiary/aromatic N) is 1. The lowest BCUT2D eigenvalue weighted by Crippen LogP contribution is -2.42. The first kappa shape index (κ1) is 20.0. The topological polar surface area (TPSA) is 48.0 Å². The van der Waals surface area contributed by atoms with Gasteiger partial charge in [-0.1, -0.05) is 5.92 Å². The molecule has 2 rings (SSSR count). The highest BCUT2D eigenvalue weighted by atomic mass is 16.6. The largest absolute Gasteiger partial charge is 0.490 e. The van der Waals surface area contributed by atoms with Gasteiger partial charge >= 0.3 is 6.09 Å². The van der Waals surface area contributed by atoms with Gasteiger partial charge in [0.25, 0.3) is 0 Å². The minimum atomic E-state index is -0.461. The molecule has 0 aromatic heterocycles. The van der Waals surface area contributed by atoms with Crippen molar-refractivity contribution in [2.45, 2.75) is 46.1 Å². The van der Waals surface area contributed by atoms with Gasteiger partial charge in [0, 0.05) is 18.7 Å². The van der Waals surface area contributed by atoms with E-state index in [4.69, 9.17) is 20.6 Å². The molecule has 1 aliphatic heterocycles. The predicted molar refractivity (Wildman–Crippen MR) is 102 cm³/mol. The molecule has 1 aliphatic rings. The molecule has 1 aromatic carbocycles. The lowest BCUT2D eigenvalue weighted by atomic mass is 9.98. The molecule has 0 radical (unpaired) electrons. The number of terminal acetylenes is 1. The van der Waals surface area contributed by atoms with Crippen LogP contribution in [0.15, 0.2) is 18.2 Å². The molecule has 1 heterocycles. The lowest BCUT2D eigenvalue weighted by molar-refractivity contribution is 0.0164. The smallest absolute Gasteiger partial charge is 0.410 e. The summed E-state index contributed by atoms with van der Waals surface area (Å²) in [5.74, 6) is 4.39. The minimum absolute atomic E-state index is 0.236. The van der Waals surface area contributed by atoms with E-state index in [1.165, 1.54) is 0 Å². The quantitative estimate of drug-likeness (QED) is 0.743. The third-order valence-electron chi connectivity index (χ3n) is 4.15. The Morgan fingerprint density at radius 1 is 1.23 bits per heavy atom. The first-order valence-electron chi connectivity index (χ1n) is 9.16. The standard InChI is InChI=1S/C21H29NO4/c1-6-16-8-9-18(19(14-16)24-7-2)25-15-17-10-12-22(13-11-17)20(23)26-21(3,4)5/h1,8-9,14,17H,7,10-13,15H2,2-5H3. The fourth-order valence-electron chi connectivity index (χ4n) is 2.80. The van der Waals surface area contributed by atoms with Gasteiger partial charge in [-0.15, -0.1) is 6.42 Å². The van der Waals surface area contributed by atoms with Gasteiger partial charge < -0.3 is 19.1 Å². The third-order valence-corrected chi connectivity index (χ3v) is 4.15. The average Bonchev–Trinajstić information content (AvgIpc) is 2.60. The van der Waals surface area contributed by atoms with Crippen LogP contribution in [-0.4, -0.2) is 42.9 Å². The van der Waals surface area contributed by atoms with Crippen molar-refractivity contribution >= 4 is 6.09 Å². The normalized spacial score (nSPS) is 15.3. The van der Waals surface area contributed by atoms with Gasteiger partial charge in [0.2, 0.25) is 0 Å². The summed E-state index contributed by atoms with van der Waals surface area (Å²) in [5, 5.41) is 0. The number of hydrogen-bond donors (Lipinski definition) is 0. The molecule has 0 saturated carbocycles. The monoisotopic (exact) mass is 359 g/mol. The van der Waals surface area contributed by atoms with Crippen molar-refractivity contribution in [3.8, 4) is 23.8 Å². The number of piperidine rings is 1. The number of hydrogen-bond acceptors (Lipinski definition) is 4. The second-order valence-corrected chi connectivity index (χ2v) is 7.46. The summed E-state index contributed by atoms with van der Waals surface area (Å²) in [6.07, 6.45) is 7.00. The Morgan fingerprint density at radius 3 is 2.50 bits per heavy atom. The van der Waals surface area contributed by atoms with Crippen LogP contribution in [0.3, 0.4) is 0 Å². The number of rotatable bonds is 5. The Hall–Kier alpha value is -2.35. The first-order chi connectivity index (χ1) is 12.3. The summed E-state index contributed by atoms with van der Waals surface area (Å²) < 4.78 is 17.0. The molecule has 142 valence electrons. The van der Waals surface area contributed by atoms with Crippen molar-refractivity contribution in [1.82, 2.24) is 4.90 Å². The maximum absolute atomic E-state index is 12.1. The van der Waals surface area contributed by atoms with Crippen molar-refractivity contribution in [1.29, 1.82) is 0 Å². The van der Waals surface area contributed by atoms with E-state index in [2.05, 4.69) is 5.92 Å². The number of carbonyl (C=O) groups is 1. The van der Waals surface area contributed by atoms with Gasteiger partial charge in [0.15, 0.2) is 11.5 Å². The molecule has 0 atom stereocenters. The molecular formula is C21H29NO4. The minimum Gasteiger partial charge on any atom is -0.490 e. The second-order valence-electron chi connectivity index (χ2n) is 7.46. The van der Waals surface area contributed by atoms with Gasteiger partial charge in [-0.25, -0.2) is 4.79 Å². The zero-order valence-electron chi connectivity index (χ0n) is 16.2. The van der Waals surface area contributed by atoms with E-state index < -0.39 is 5.60 Å². The Labute approximate surface area is 156 Å². The van der Waals surface area contributed by atoms with Crippen molar-refractivity contribution in [3.05, 3.63) is 23.8 Å². The summed E-state index contributed by atoms with van der Waals surface area (Å²) >= 11 is 0. The van der Waals surface area contributed by atoms with E-state index in [0.717, 1.165) is 18.4 Å². The number of likely N-dealkylation sites (tertiary alicyclic amines) is 1. The van der Waals surface area contributed by atoms with Crippen LogP contribution in [-0.2, 0) is 4.74 Å². The average molecular weight is 359 g/mol. The summed E-state index contributed by atoms with van der Waals surface area (Å²) in [6, 6.07) is 5.53. The fraction of sp³-hybridized carbons (Fsp3) is 0.571. The van der Waals surface area contributed by atoms with Crippen molar-refractivity contribution in [3.63, 3.8) is 0 Å².